The van der Waals surface area contributed by atoms with Crippen LogP contribution in [-0.4, -0.2) is 25.3 Å². The summed E-state index contributed by atoms with van der Waals surface area (Å²) >= 11 is 0. The first-order chi connectivity index (χ1) is 8.60. The molecule has 1 N–H and O–H groups in total. The lowest BCUT2D eigenvalue weighted by molar-refractivity contribution is 0.0527. The van der Waals surface area contributed by atoms with Crippen LogP contribution < -0.4 is 5.32 Å². The molecule has 0 unspecified atom stereocenters. The number of esters is 1. The van der Waals surface area contributed by atoms with Gasteiger partial charge in [0.2, 0.25) is 0 Å². The quantitative estimate of drug-likeness (QED) is 0.836. The number of aryl methyl sites for hydroxylation is 1. The van der Waals surface area contributed by atoms with E-state index in [0.29, 0.717) is 11.3 Å². The summed E-state index contributed by atoms with van der Waals surface area (Å²) in [6, 6.07) is 5.17. The Morgan fingerprint density at radius 2 is 1.83 bits per heavy atom. The molecule has 5 nitrogen and oxygen atoms in total. The first-order valence-electron chi connectivity index (χ1n) is 5.80. The van der Waals surface area contributed by atoms with E-state index in [1.165, 1.54) is 0 Å². The van der Waals surface area contributed by atoms with Crippen molar-refractivity contribution in [2.75, 3.05) is 18.5 Å². The first-order valence-corrected chi connectivity index (χ1v) is 5.80. The van der Waals surface area contributed by atoms with Gasteiger partial charge in [-0.1, -0.05) is 12.1 Å². The molecule has 1 rings (SSSR count). The Kier molecular flexibility index (Phi) is 5.17. The van der Waals surface area contributed by atoms with Crippen LogP contribution in [0, 0.1) is 6.92 Å². The molecule has 0 fully saturated rings. The Balaban J connectivity index is 3.00. The van der Waals surface area contributed by atoms with E-state index in [1.807, 2.05) is 0 Å². The van der Waals surface area contributed by atoms with Gasteiger partial charge < -0.3 is 9.47 Å². The molecule has 1 aromatic rings. The van der Waals surface area contributed by atoms with E-state index in [1.54, 1.807) is 39.0 Å². The monoisotopic (exact) mass is 251 g/mol. The normalized spacial score (nSPS) is 9.72. The Bertz CT molecular complexity index is 443. The van der Waals surface area contributed by atoms with Crippen molar-refractivity contribution in [2.45, 2.75) is 20.8 Å². The maximum absolute atomic E-state index is 11.8. The van der Waals surface area contributed by atoms with Crippen LogP contribution in [0.2, 0.25) is 0 Å². The Labute approximate surface area is 106 Å². The predicted molar refractivity (Wildman–Crippen MR) is 67.8 cm³/mol. The number of hydrogen-bond donors (Lipinski definition) is 1. The highest BCUT2D eigenvalue weighted by molar-refractivity contribution is 6.00. The lowest BCUT2D eigenvalue weighted by atomic mass is 10.1. The van der Waals surface area contributed by atoms with Gasteiger partial charge in [-0.15, -0.1) is 0 Å². The van der Waals surface area contributed by atoms with Crippen molar-refractivity contribution in [2.24, 2.45) is 0 Å². The molecule has 0 aliphatic rings. The summed E-state index contributed by atoms with van der Waals surface area (Å²) in [6.07, 6.45) is -0.589. The summed E-state index contributed by atoms with van der Waals surface area (Å²) < 4.78 is 9.74. The van der Waals surface area contributed by atoms with Gasteiger partial charge in [0.25, 0.3) is 0 Å². The second kappa shape index (κ2) is 6.64. The van der Waals surface area contributed by atoms with E-state index in [9.17, 15) is 9.59 Å². The fourth-order valence-electron chi connectivity index (χ4n) is 1.52. The molecule has 0 bridgehead atoms. The van der Waals surface area contributed by atoms with E-state index in [4.69, 9.17) is 9.47 Å². The van der Waals surface area contributed by atoms with E-state index in [-0.39, 0.29) is 13.2 Å². The van der Waals surface area contributed by atoms with Crippen molar-refractivity contribution in [3.63, 3.8) is 0 Å². The average Bonchev–Trinajstić information content (AvgIpc) is 2.29. The number of rotatable bonds is 4. The number of carbonyl (C=O) groups is 2. The van der Waals surface area contributed by atoms with E-state index in [2.05, 4.69) is 5.32 Å². The van der Waals surface area contributed by atoms with Gasteiger partial charge in [-0.25, -0.2) is 9.59 Å². The van der Waals surface area contributed by atoms with E-state index >= 15 is 0 Å². The molecule has 0 aliphatic heterocycles. The summed E-state index contributed by atoms with van der Waals surface area (Å²) in [4.78, 5) is 23.2. The number of hydrogen-bond acceptors (Lipinski definition) is 4. The Hall–Kier alpha value is -2.04. The fraction of sp³-hybridized carbons (Fsp3) is 0.385. The molecule has 0 spiro atoms. The highest BCUT2D eigenvalue weighted by atomic mass is 16.5. The highest BCUT2D eigenvalue weighted by Crippen LogP contribution is 2.20. The third-order valence-electron chi connectivity index (χ3n) is 2.26. The predicted octanol–water partition coefficient (Wildman–Crippen LogP) is 2.74. The molecule has 0 aliphatic carbocycles. The molecule has 0 saturated carbocycles. The Morgan fingerprint density at radius 3 is 2.44 bits per heavy atom. The molecule has 5 heteroatoms. The van der Waals surface area contributed by atoms with Crippen LogP contribution in [0.5, 0.6) is 0 Å². The number of nitrogens with one attached hydrogen (secondary N) is 1. The second-order valence-electron chi connectivity index (χ2n) is 3.56. The third-order valence-corrected chi connectivity index (χ3v) is 2.26. The summed E-state index contributed by atoms with van der Waals surface area (Å²) in [7, 11) is 0. The molecule has 18 heavy (non-hydrogen) atoms. The smallest absolute Gasteiger partial charge is 0.411 e. The van der Waals surface area contributed by atoms with Gasteiger partial charge in [-0.2, -0.15) is 0 Å². The zero-order chi connectivity index (χ0) is 13.5. The largest absolute Gasteiger partial charge is 0.462 e. The highest BCUT2D eigenvalue weighted by Gasteiger charge is 2.17. The zero-order valence-corrected chi connectivity index (χ0v) is 10.8. The molecule has 0 atom stereocenters. The second-order valence-corrected chi connectivity index (χ2v) is 3.56. The van der Waals surface area contributed by atoms with Gasteiger partial charge in [0, 0.05) is 0 Å². The molecule has 98 valence electrons. The maximum Gasteiger partial charge on any atom is 0.411 e. The SMILES string of the molecule is CCOC(=O)Nc1cccc(C)c1C(=O)OCC. The van der Waals surface area contributed by atoms with Gasteiger partial charge in [-0.3, -0.25) is 5.32 Å². The van der Waals surface area contributed by atoms with Gasteiger partial charge >= 0.3 is 12.1 Å². The van der Waals surface area contributed by atoms with Gasteiger partial charge in [0.1, 0.15) is 0 Å². The summed E-state index contributed by atoms with van der Waals surface area (Å²) in [5.41, 5.74) is 1.49. The summed E-state index contributed by atoms with van der Waals surface area (Å²) in [5, 5.41) is 2.53. The lowest BCUT2D eigenvalue weighted by Crippen LogP contribution is -2.17. The lowest BCUT2D eigenvalue weighted by Gasteiger charge is -2.12. The van der Waals surface area contributed by atoms with E-state index < -0.39 is 12.1 Å². The van der Waals surface area contributed by atoms with Crippen molar-refractivity contribution in [1.29, 1.82) is 0 Å². The molecular weight excluding hydrogens is 234 g/mol. The minimum absolute atomic E-state index is 0.270. The minimum Gasteiger partial charge on any atom is -0.462 e. The van der Waals surface area contributed by atoms with Crippen LogP contribution in [-0.2, 0) is 9.47 Å². The number of anilines is 1. The standard InChI is InChI=1S/C13H17NO4/c1-4-17-12(15)11-9(3)7-6-8-10(11)14-13(16)18-5-2/h6-8H,4-5H2,1-3H3,(H,14,16). The third kappa shape index (κ3) is 3.48. The van der Waals surface area contributed by atoms with Crippen LogP contribution in [0.15, 0.2) is 18.2 Å². The molecular formula is C13H17NO4. The van der Waals surface area contributed by atoms with Gasteiger partial charge in [0.15, 0.2) is 0 Å². The summed E-state index contributed by atoms with van der Waals surface area (Å²) in [6.45, 7) is 5.78. The van der Waals surface area contributed by atoms with Crippen molar-refractivity contribution in [3.05, 3.63) is 29.3 Å². The van der Waals surface area contributed by atoms with Gasteiger partial charge in [0.05, 0.1) is 24.5 Å². The topological polar surface area (TPSA) is 64.6 Å². The van der Waals surface area contributed by atoms with Crippen LogP contribution in [0.3, 0.4) is 0 Å². The fourth-order valence-corrected chi connectivity index (χ4v) is 1.52. The number of amides is 1. The molecule has 0 aromatic heterocycles. The Morgan fingerprint density at radius 1 is 1.17 bits per heavy atom. The van der Waals surface area contributed by atoms with E-state index in [0.717, 1.165) is 5.56 Å². The van der Waals surface area contributed by atoms with Crippen molar-refractivity contribution in [3.8, 4) is 0 Å². The number of ether oxygens (including phenoxy) is 2. The number of carbonyl (C=O) groups excluding carboxylic acids is 2. The van der Waals surface area contributed by atoms with Crippen molar-refractivity contribution < 1.29 is 19.1 Å². The molecule has 0 heterocycles. The molecule has 1 aromatic carbocycles. The molecule has 0 saturated heterocycles. The summed E-state index contributed by atoms with van der Waals surface area (Å²) in [5.74, 6) is -0.456. The zero-order valence-electron chi connectivity index (χ0n) is 10.8. The van der Waals surface area contributed by atoms with Gasteiger partial charge in [-0.05, 0) is 32.4 Å². The van der Waals surface area contributed by atoms with Crippen molar-refractivity contribution in [1.82, 2.24) is 0 Å². The van der Waals surface area contributed by atoms with Crippen LogP contribution in [0.4, 0.5) is 10.5 Å². The van der Waals surface area contributed by atoms with Crippen LogP contribution in [0.1, 0.15) is 29.8 Å². The maximum atomic E-state index is 11.8. The first kappa shape index (κ1) is 14.0. The number of benzene rings is 1. The molecule has 1 amide bonds. The van der Waals surface area contributed by atoms with Crippen LogP contribution >= 0.6 is 0 Å². The molecule has 0 radical (unpaired) electrons. The minimum atomic E-state index is -0.589. The average molecular weight is 251 g/mol. The van der Waals surface area contributed by atoms with Crippen LogP contribution in [0.25, 0.3) is 0 Å². The van der Waals surface area contributed by atoms with Crippen molar-refractivity contribution >= 4 is 17.7 Å².